The van der Waals surface area contributed by atoms with Crippen molar-refractivity contribution in [1.29, 1.82) is 0 Å². The van der Waals surface area contributed by atoms with Crippen molar-refractivity contribution >= 4 is 0 Å². The fraction of sp³-hybridized carbons (Fsp3) is 0.571. The number of hydrogen-bond donors (Lipinski definition) is 1. The van der Waals surface area contributed by atoms with Gasteiger partial charge in [-0.3, -0.25) is 0 Å². The van der Waals surface area contributed by atoms with Gasteiger partial charge in [-0.2, -0.15) is 0 Å². The van der Waals surface area contributed by atoms with E-state index in [1.165, 1.54) is 22.3 Å². The molecule has 1 aromatic carbocycles. The molecule has 0 fully saturated rings. The van der Waals surface area contributed by atoms with Gasteiger partial charge in [0.1, 0.15) is 0 Å². The number of benzene rings is 1. The van der Waals surface area contributed by atoms with E-state index >= 15 is 0 Å². The lowest BCUT2D eigenvalue weighted by molar-refractivity contribution is 0.0573. The van der Waals surface area contributed by atoms with E-state index in [-0.39, 0.29) is 12.1 Å². The van der Waals surface area contributed by atoms with Gasteiger partial charge in [-0.05, 0) is 56.9 Å². The second kappa shape index (κ2) is 5.46. The molecular formula is C14H23NO. The fourth-order valence-corrected chi connectivity index (χ4v) is 1.96. The molecule has 0 saturated heterocycles. The molecule has 2 heteroatoms. The summed E-state index contributed by atoms with van der Waals surface area (Å²) in [5.74, 6) is 0. The lowest BCUT2D eigenvalue weighted by atomic mass is 9.94. The van der Waals surface area contributed by atoms with E-state index in [0.717, 1.165) is 0 Å². The highest BCUT2D eigenvalue weighted by Gasteiger charge is 2.17. The van der Waals surface area contributed by atoms with Crippen LogP contribution in [0.3, 0.4) is 0 Å². The van der Waals surface area contributed by atoms with Crippen molar-refractivity contribution in [3.63, 3.8) is 0 Å². The maximum Gasteiger partial charge on any atom is 0.0739 e. The summed E-state index contributed by atoms with van der Waals surface area (Å²) in [6.07, 6.45) is 0.0609. The SMILES string of the molecule is CCOC(C)C(N)c1cc(C)c(C)cc1C. The Hall–Kier alpha value is -0.860. The predicted octanol–water partition coefficient (Wildman–Crippen LogP) is 3.04. The summed E-state index contributed by atoms with van der Waals surface area (Å²) in [6.45, 7) is 11.1. The molecule has 0 aliphatic carbocycles. The molecule has 2 atom stereocenters. The molecule has 0 amide bonds. The molecule has 2 nitrogen and oxygen atoms in total. The fourth-order valence-electron chi connectivity index (χ4n) is 1.96. The molecule has 16 heavy (non-hydrogen) atoms. The first-order chi connectivity index (χ1) is 7.47. The summed E-state index contributed by atoms with van der Waals surface area (Å²) in [7, 11) is 0. The third kappa shape index (κ3) is 2.83. The first-order valence-corrected chi connectivity index (χ1v) is 5.92. The van der Waals surface area contributed by atoms with Gasteiger partial charge in [0.15, 0.2) is 0 Å². The van der Waals surface area contributed by atoms with Crippen LogP contribution < -0.4 is 5.73 Å². The van der Waals surface area contributed by atoms with Gasteiger partial charge < -0.3 is 10.5 Å². The molecule has 0 aromatic heterocycles. The van der Waals surface area contributed by atoms with Crippen LogP contribution in [0, 0.1) is 20.8 Å². The summed E-state index contributed by atoms with van der Waals surface area (Å²) in [5, 5.41) is 0. The van der Waals surface area contributed by atoms with Gasteiger partial charge >= 0.3 is 0 Å². The van der Waals surface area contributed by atoms with Crippen LogP contribution in [0.1, 0.15) is 42.1 Å². The highest BCUT2D eigenvalue weighted by atomic mass is 16.5. The number of hydrogen-bond acceptors (Lipinski definition) is 2. The van der Waals surface area contributed by atoms with Gasteiger partial charge in [0.05, 0.1) is 12.1 Å². The number of ether oxygens (including phenoxy) is 1. The van der Waals surface area contributed by atoms with Gasteiger partial charge in [0.25, 0.3) is 0 Å². The summed E-state index contributed by atoms with van der Waals surface area (Å²) in [4.78, 5) is 0. The van der Waals surface area contributed by atoms with Crippen LogP contribution in [-0.2, 0) is 4.74 Å². The van der Waals surface area contributed by atoms with E-state index in [9.17, 15) is 0 Å². The number of rotatable bonds is 4. The molecule has 1 rings (SSSR count). The second-order valence-corrected chi connectivity index (χ2v) is 4.48. The molecule has 0 aliphatic heterocycles. The largest absolute Gasteiger partial charge is 0.377 e. The summed E-state index contributed by atoms with van der Waals surface area (Å²) < 4.78 is 5.56. The maximum atomic E-state index is 6.22. The first-order valence-electron chi connectivity index (χ1n) is 5.92. The molecule has 0 radical (unpaired) electrons. The Morgan fingerprint density at radius 3 is 2.25 bits per heavy atom. The van der Waals surface area contributed by atoms with Crippen LogP contribution in [0.15, 0.2) is 12.1 Å². The van der Waals surface area contributed by atoms with Crippen LogP contribution in [-0.4, -0.2) is 12.7 Å². The van der Waals surface area contributed by atoms with Gasteiger partial charge in [0.2, 0.25) is 0 Å². The van der Waals surface area contributed by atoms with Crippen molar-refractivity contribution in [2.75, 3.05) is 6.61 Å². The van der Waals surface area contributed by atoms with Gasteiger partial charge in [-0.25, -0.2) is 0 Å². The lowest BCUT2D eigenvalue weighted by Gasteiger charge is -2.22. The topological polar surface area (TPSA) is 35.2 Å². The van der Waals surface area contributed by atoms with Crippen LogP contribution in [0.4, 0.5) is 0 Å². The molecule has 0 saturated carbocycles. The monoisotopic (exact) mass is 221 g/mol. The third-order valence-electron chi connectivity index (χ3n) is 3.18. The van der Waals surface area contributed by atoms with Crippen molar-refractivity contribution in [2.45, 2.75) is 46.8 Å². The standard InChI is InChI=1S/C14H23NO/c1-6-16-12(5)14(15)13-8-10(3)9(2)7-11(13)4/h7-8,12,14H,6,15H2,1-5H3. The van der Waals surface area contributed by atoms with E-state index in [2.05, 4.69) is 32.9 Å². The molecule has 1 aromatic rings. The average molecular weight is 221 g/mol. The van der Waals surface area contributed by atoms with Crippen molar-refractivity contribution in [2.24, 2.45) is 5.73 Å². The highest BCUT2D eigenvalue weighted by molar-refractivity contribution is 5.38. The Morgan fingerprint density at radius 2 is 1.69 bits per heavy atom. The molecular weight excluding hydrogens is 198 g/mol. The van der Waals surface area contributed by atoms with Gasteiger partial charge in [-0.1, -0.05) is 12.1 Å². The second-order valence-electron chi connectivity index (χ2n) is 4.48. The molecule has 90 valence electrons. The molecule has 2 unspecified atom stereocenters. The van der Waals surface area contributed by atoms with E-state index in [4.69, 9.17) is 10.5 Å². The van der Waals surface area contributed by atoms with E-state index < -0.39 is 0 Å². The smallest absolute Gasteiger partial charge is 0.0739 e. The molecule has 0 bridgehead atoms. The average Bonchev–Trinajstić information content (AvgIpc) is 2.23. The Morgan fingerprint density at radius 1 is 1.12 bits per heavy atom. The lowest BCUT2D eigenvalue weighted by Crippen LogP contribution is -2.27. The highest BCUT2D eigenvalue weighted by Crippen LogP contribution is 2.23. The zero-order valence-corrected chi connectivity index (χ0v) is 11.0. The van der Waals surface area contributed by atoms with Crippen LogP contribution in [0.2, 0.25) is 0 Å². The van der Waals surface area contributed by atoms with Crippen LogP contribution >= 0.6 is 0 Å². The normalized spacial score (nSPS) is 14.9. The van der Waals surface area contributed by atoms with E-state index in [1.54, 1.807) is 0 Å². The Labute approximate surface area is 98.8 Å². The molecule has 0 spiro atoms. The van der Waals surface area contributed by atoms with Crippen molar-refractivity contribution in [3.05, 3.63) is 34.4 Å². The Kier molecular flexibility index (Phi) is 4.51. The van der Waals surface area contributed by atoms with Crippen LogP contribution in [0.5, 0.6) is 0 Å². The summed E-state index contributed by atoms with van der Waals surface area (Å²) in [5.41, 5.74) is 11.3. The van der Waals surface area contributed by atoms with E-state index in [1.807, 2.05) is 13.8 Å². The minimum Gasteiger partial charge on any atom is -0.377 e. The number of aryl methyl sites for hydroxylation is 3. The quantitative estimate of drug-likeness (QED) is 0.848. The Balaban J connectivity index is 2.99. The molecule has 0 aliphatic rings. The third-order valence-corrected chi connectivity index (χ3v) is 3.18. The maximum absolute atomic E-state index is 6.22. The van der Waals surface area contributed by atoms with Crippen molar-refractivity contribution < 1.29 is 4.74 Å². The predicted molar refractivity (Wildman–Crippen MR) is 68.7 cm³/mol. The Bertz CT molecular complexity index is 360. The van der Waals surface area contributed by atoms with E-state index in [0.29, 0.717) is 6.61 Å². The van der Waals surface area contributed by atoms with Crippen molar-refractivity contribution in [3.8, 4) is 0 Å². The van der Waals surface area contributed by atoms with Crippen LogP contribution in [0.25, 0.3) is 0 Å². The van der Waals surface area contributed by atoms with Crippen molar-refractivity contribution in [1.82, 2.24) is 0 Å². The zero-order chi connectivity index (χ0) is 12.3. The van der Waals surface area contributed by atoms with Gasteiger partial charge in [-0.15, -0.1) is 0 Å². The zero-order valence-electron chi connectivity index (χ0n) is 11.0. The molecule has 2 N–H and O–H groups in total. The first kappa shape index (κ1) is 13.2. The number of nitrogens with two attached hydrogens (primary N) is 1. The minimum absolute atomic E-state index is 0.0424. The van der Waals surface area contributed by atoms with Gasteiger partial charge in [0, 0.05) is 6.61 Å². The molecule has 0 heterocycles. The summed E-state index contributed by atoms with van der Waals surface area (Å²) >= 11 is 0. The minimum atomic E-state index is -0.0424. The summed E-state index contributed by atoms with van der Waals surface area (Å²) in [6, 6.07) is 4.34.